The van der Waals surface area contributed by atoms with E-state index in [0.29, 0.717) is 12.5 Å². The largest absolute Gasteiger partial charge is 0.353 e. The molecule has 25 heavy (non-hydrogen) atoms. The van der Waals surface area contributed by atoms with Crippen LogP contribution in [0.3, 0.4) is 0 Å². The number of hydrogen-bond acceptors (Lipinski definition) is 4. The maximum absolute atomic E-state index is 12.2. The van der Waals surface area contributed by atoms with Gasteiger partial charge in [-0.1, -0.05) is 0 Å². The van der Waals surface area contributed by atoms with E-state index in [0.717, 1.165) is 42.0 Å². The van der Waals surface area contributed by atoms with Crippen LogP contribution in [0.5, 0.6) is 0 Å². The standard InChI is InChI=1S/C19H22N4OS/c1-13-21-16(12-25-13)11-18(24)22-15-4-6-17(7-5-15)23-10-8-14-3-2-9-20-19(14)23/h2-3,8-10,12,15,17H,4-7,11H2,1H3,(H,22,24). The Labute approximate surface area is 151 Å². The van der Waals surface area contributed by atoms with E-state index in [4.69, 9.17) is 0 Å². The number of thiazole rings is 1. The van der Waals surface area contributed by atoms with Gasteiger partial charge in [-0.15, -0.1) is 11.3 Å². The molecule has 1 amide bonds. The van der Waals surface area contributed by atoms with E-state index in [1.54, 1.807) is 11.3 Å². The molecule has 0 aliphatic heterocycles. The van der Waals surface area contributed by atoms with Gasteiger partial charge in [-0.05, 0) is 50.8 Å². The first-order chi connectivity index (χ1) is 12.2. The Morgan fingerprint density at radius 2 is 2.16 bits per heavy atom. The van der Waals surface area contributed by atoms with Crippen molar-refractivity contribution in [1.29, 1.82) is 0 Å². The second-order valence-corrected chi connectivity index (χ2v) is 7.81. The van der Waals surface area contributed by atoms with Gasteiger partial charge in [0, 0.05) is 35.2 Å². The zero-order valence-electron chi connectivity index (χ0n) is 14.3. The second-order valence-electron chi connectivity index (χ2n) is 6.75. The maximum Gasteiger partial charge on any atom is 0.226 e. The Morgan fingerprint density at radius 3 is 2.92 bits per heavy atom. The van der Waals surface area contributed by atoms with Crippen molar-refractivity contribution in [3.8, 4) is 0 Å². The molecule has 0 spiro atoms. The SMILES string of the molecule is Cc1nc(CC(=O)NC2CCC(n3ccc4cccnc43)CC2)cs1. The van der Waals surface area contributed by atoms with Crippen LogP contribution in [0.2, 0.25) is 0 Å². The van der Waals surface area contributed by atoms with Crippen molar-refractivity contribution in [3.05, 3.63) is 46.7 Å². The molecule has 3 heterocycles. The lowest BCUT2D eigenvalue weighted by atomic mass is 9.91. The number of amides is 1. The number of rotatable bonds is 4. The van der Waals surface area contributed by atoms with Crippen LogP contribution < -0.4 is 5.32 Å². The number of carbonyl (C=O) groups excluding carboxylic acids is 1. The molecule has 5 nitrogen and oxygen atoms in total. The quantitative estimate of drug-likeness (QED) is 0.778. The minimum Gasteiger partial charge on any atom is -0.353 e. The highest BCUT2D eigenvalue weighted by Gasteiger charge is 2.24. The van der Waals surface area contributed by atoms with E-state index >= 15 is 0 Å². The molecule has 0 radical (unpaired) electrons. The van der Waals surface area contributed by atoms with Gasteiger partial charge in [-0.2, -0.15) is 0 Å². The second kappa shape index (κ2) is 6.96. The Hall–Kier alpha value is -2.21. The normalized spacial score (nSPS) is 20.7. The molecule has 4 rings (SSSR count). The summed E-state index contributed by atoms with van der Waals surface area (Å²) in [5.41, 5.74) is 1.94. The van der Waals surface area contributed by atoms with Gasteiger partial charge in [-0.3, -0.25) is 4.79 Å². The molecule has 3 aromatic rings. The Balaban J connectivity index is 1.33. The fraction of sp³-hybridized carbons (Fsp3) is 0.421. The van der Waals surface area contributed by atoms with E-state index in [9.17, 15) is 4.79 Å². The fourth-order valence-electron chi connectivity index (χ4n) is 3.71. The van der Waals surface area contributed by atoms with E-state index in [1.807, 2.05) is 24.6 Å². The topological polar surface area (TPSA) is 59.8 Å². The molecule has 6 heteroatoms. The smallest absolute Gasteiger partial charge is 0.226 e. The predicted octanol–water partition coefficient (Wildman–Crippen LogP) is 3.64. The molecular weight excluding hydrogens is 332 g/mol. The van der Waals surface area contributed by atoms with Crippen LogP contribution in [0.15, 0.2) is 36.0 Å². The zero-order chi connectivity index (χ0) is 17.2. The summed E-state index contributed by atoms with van der Waals surface area (Å²) in [7, 11) is 0. The number of pyridine rings is 1. The number of hydrogen-bond donors (Lipinski definition) is 1. The van der Waals surface area contributed by atoms with E-state index < -0.39 is 0 Å². The van der Waals surface area contributed by atoms with Gasteiger partial charge in [0.1, 0.15) is 5.65 Å². The van der Waals surface area contributed by atoms with Crippen LogP contribution in [0.25, 0.3) is 11.0 Å². The molecule has 1 saturated carbocycles. The van der Waals surface area contributed by atoms with Crippen molar-refractivity contribution in [2.45, 2.75) is 51.1 Å². The van der Waals surface area contributed by atoms with Crippen LogP contribution in [0.4, 0.5) is 0 Å². The highest BCUT2D eigenvalue weighted by Crippen LogP contribution is 2.31. The molecule has 1 aliphatic carbocycles. The predicted molar refractivity (Wildman–Crippen MR) is 99.7 cm³/mol. The summed E-state index contributed by atoms with van der Waals surface area (Å²) in [6.07, 6.45) is 8.55. The number of carbonyl (C=O) groups is 1. The number of nitrogens with zero attached hydrogens (tertiary/aromatic N) is 3. The van der Waals surface area contributed by atoms with Crippen LogP contribution in [-0.2, 0) is 11.2 Å². The molecule has 0 aromatic carbocycles. The lowest BCUT2D eigenvalue weighted by Gasteiger charge is -2.30. The van der Waals surface area contributed by atoms with Crippen molar-refractivity contribution in [3.63, 3.8) is 0 Å². The number of aryl methyl sites for hydroxylation is 1. The fourth-order valence-corrected chi connectivity index (χ4v) is 4.32. The summed E-state index contributed by atoms with van der Waals surface area (Å²) in [5.74, 6) is 0.0850. The van der Waals surface area contributed by atoms with Crippen LogP contribution in [0.1, 0.15) is 42.4 Å². The van der Waals surface area contributed by atoms with Crippen molar-refractivity contribution in [2.24, 2.45) is 0 Å². The summed E-state index contributed by atoms with van der Waals surface area (Å²) in [4.78, 5) is 21.1. The zero-order valence-corrected chi connectivity index (χ0v) is 15.1. The summed E-state index contributed by atoms with van der Waals surface area (Å²) in [6, 6.07) is 6.96. The summed E-state index contributed by atoms with van der Waals surface area (Å²) in [5, 5.41) is 7.35. The molecule has 0 bridgehead atoms. The summed E-state index contributed by atoms with van der Waals surface area (Å²) < 4.78 is 2.30. The Morgan fingerprint density at radius 1 is 1.32 bits per heavy atom. The third-order valence-electron chi connectivity index (χ3n) is 4.94. The third kappa shape index (κ3) is 3.58. The van der Waals surface area contributed by atoms with Gasteiger partial charge in [0.2, 0.25) is 5.91 Å². The monoisotopic (exact) mass is 354 g/mol. The first-order valence-electron chi connectivity index (χ1n) is 8.81. The van der Waals surface area contributed by atoms with Crippen LogP contribution >= 0.6 is 11.3 Å². The van der Waals surface area contributed by atoms with Crippen molar-refractivity contribution in [1.82, 2.24) is 19.9 Å². The van der Waals surface area contributed by atoms with Gasteiger partial charge in [0.05, 0.1) is 17.1 Å². The average Bonchev–Trinajstić information content (AvgIpc) is 3.22. The van der Waals surface area contributed by atoms with Gasteiger partial charge in [0.25, 0.3) is 0 Å². The molecular formula is C19H22N4OS. The molecule has 130 valence electrons. The first-order valence-corrected chi connectivity index (χ1v) is 9.69. The molecule has 3 aromatic heterocycles. The van der Waals surface area contributed by atoms with Gasteiger partial charge < -0.3 is 9.88 Å². The lowest BCUT2D eigenvalue weighted by molar-refractivity contribution is -0.121. The number of nitrogens with one attached hydrogen (secondary N) is 1. The van der Waals surface area contributed by atoms with E-state index in [1.165, 1.54) is 5.39 Å². The van der Waals surface area contributed by atoms with E-state index in [2.05, 4.69) is 38.2 Å². The highest BCUT2D eigenvalue weighted by molar-refractivity contribution is 7.09. The minimum absolute atomic E-state index is 0.0850. The van der Waals surface area contributed by atoms with Crippen LogP contribution in [-0.4, -0.2) is 26.5 Å². The molecule has 1 fully saturated rings. The molecule has 0 atom stereocenters. The summed E-state index contributed by atoms with van der Waals surface area (Å²) in [6.45, 7) is 1.97. The highest BCUT2D eigenvalue weighted by atomic mass is 32.1. The Kier molecular flexibility index (Phi) is 4.53. The van der Waals surface area contributed by atoms with Crippen molar-refractivity contribution in [2.75, 3.05) is 0 Å². The first kappa shape index (κ1) is 16.3. The van der Waals surface area contributed by atoms with Gasteiger partial charge in [-0.25, -0.2) is 9.97 Å². The van der Waals surface area contributed by atoms with Crippen molar-refractivity contribution >= 4 is 28.3 Å². The van der Waals surface area contributed by atoms with Gasteiger partial charge in [0.15, 0.2) is 0 Å². The Bertz CT molecular complexity index is 876. The maximum atomic E-state index is 12.2. The van der Waals surface area contributed by atoms with Crippen LogP contribution in [0, 0.1) is 6.92 Å². The average molecular weight is 354 g/mol. The molecule has 0 saturated heterocycles. The lowest BCUT2D eigenvalue weighted by Crippen LogP contribution is -2.38. The third-order valence-corrected chi connectivity index (χ3v) is 5.76. The van der Waals surface area contributed by atoms with Crippen molar-refractivity contribution < 1.29 is 4.79 Å². The van der Waals surface area contributed by atoms with Gasteiger partial charge >= 0.3 is 0 Å². The number of aromatic nitrogens is 3. The molecule has 1 N–H and O–H groups in total. The minimum atomic E-state index is 0.0850. The molecule has 0 unspecified atom stereocenters. The number of fused-ring (bicyclic) bond motifs is 1. The van der Waals surface area contributed by atoms with E-state index in [-0.39, 0.29) is 11.9 Å². The molecule has 1 aliphatic rings. The summed E-state index contributed by atoms with van der Waals surface area (Å²) >= 11 is 1.59.